The van der Waals surface area contributed by atoms with Gasteiger partial charge in [0.05, 0.1) is 11.3 Å². The lowest BCUT2D eigenvalue weighted by Crippen LogP contribution is -2.41. The second-order valence-corrected chi connectivity index (χ2v) is 14.0. The Balaban J connectivity index is 1.56. The van der Waals surface area contributed by atoms with E-state index in [1.54, 1.807) is 13.1 Å². The predicted octanol–water partition coefficient (Wildman–Crippen LogP) is 8.30. The number of nitrogens with zero attached hydrogens (tertiary/aromatic N) is 3. The van der Waals surface area contributed by atoms with Crippen LogP contribution in [0.25, 0.3) is 0 Å². The van der Waals surface area contributed by atoms with Gasteiger partial charge in [0.2, 0.25) is 0 Å². The van der Waals surface area contributed by atoms with E-state index in [-0.39, 0.29) is 29.6 Å². The van der Waals surface area contributed by atoms with Gasteiger partial charge in [0.15, 0.2) is 11.6 Å². The Bertz CT molecular complexity index is 1280. The van der Waals surface area contributed by atoms with E-state index < -0.39 is 17.6 Å². The fraction of sp³-hybridized carbons (Fsp3) is 0.676. The Hall–Kier alpha value is -2.72. The molecule has 2 atom stereocenters. The maximum absolute atomic E-state index is 16.8. The molecule has 6 nitrogen and oxygen atoms in total. The minimum Gasteiger partial charge on any atom is -0.382 e. The van der Waals surface area contributed by atoms with E-state index in [0.29, 0.717) is 62.1 Å². The van der Waals surface area contributed by atoms with Crippen molar-refractivity contribution in [3.05, 3.63) is 58.3 Å². The summed E-state index contributed by atoms with van der Waals surface area (Å²) in [4.78, 5) is 22.4. The molecule has 47 heavy (non-hydrogen) atoms. The number of benzene rings is 1. The molecule has 262 valence electrons. The number of carbonyl (C=O) groups excluding carboxylic acids is 1. The van der Waals surface area contributed by atoms with E-state index in [1.165, 1.54) is 12.1 Å². The molecule has 0 aromatic heterocycles. The molecule has 4 rings (SSSR count). The quantitative estimate of drug-likeness (QED) is 0.110. The number of alkyl halides is 3. The monoisotopic (exact) mass is 662 g/mol. The van der Waals surface area contributed by atoms with Crippen LogP contribution in [0, 0.1) is 17.3 Å². The molecule has 2 heterocycles. The molecule has 3 aliphatic rings. The first-order valence-corrected chi connectivity index (χ1v) is 17.4. The standard InChI is InChI=1S/C37H54F4N4O2/c1-6-26(4)34(33(38)35(42-8-3)45(31-13-14-31)23-27-9-11-30(12-10-27)37(39,40)41)43-25-36(16-19-47-20-17-36)22-32(46)21-28(7-2)29-15-18-44(5)24-29/h8-12,28-29,31,43H,6-7,13-25H2,1-5H3/b34-26+,35-33-,42-8-. The van der Waals surface area contributed by atoms with Crippen LogP contribution in [-0.2, 0) is 22.3 Å². The van der Waals surface area contributed by atoms with Crippen LogP contribution < -0.4 is 5.32 Å². The highest BCUT2D eigenvalue weighted by molar-refractivity contribution is 5.79. The molecule has 0 spiro atoms. The average Bonchev–Trinajstić information content (AvgIpc) is 3.80. The summed E-state index contributed by atoms with van der Waals surface area (Å²) >= 11 is 0. The number of allylic oxidation sites excluding steroid dienone is 2. The number of likely N-dealkylation sites (tertiary alicyclic amines) is 1. The summed E-state index contributed by atoms with van der Waals surface area (Å²) in [5.74, 6) is 0.897. The number of aliphatic imine (C=N–C) groups is 1. The fourth-order valence-electron chi connectivity index (χ4n) is 7.12. The molecule has 1 aromatic rings. The molecule has 1 N–H and O–H groups in total. The lowest BCUT2D eigenvalue weighted by molar-refractivity contribution is -0.137. The lowest BCUT2D eigenvalue weighted by atomic mass is 9.74. The number of hydrogen-bond acceptors (Lipinski definition) is 6. The van der Waals surface area contributed by atoms with E-state index >= 15 is 4.39 Å². The van der Waals surface area contributed by atoms with Gasteiger partial charge in [0.1, 0.15) is 5.78 Å². The SMILES string of the molecule is C\C=N/C(=C(F)\C(NCC1(CC(=O)CC(CC)C2CCN(C)C2)CCOCC1)=C(\C)CC)N(Cc1ccc(C(F)(F)F)cc1)C1CC1. The maximum atomic E-state index is 16.8. The highest BCUT2D eigenvalue weighted by atomic mass is 19.4. The Morgan fingerprint density at radius 1 is 1.17 bits per heavy atom. The smallest absolute Gasteiger partial charge is 0.382 e. The number of hydrogen-bond donors (Lipinski definition) is 1. The number of nitrogens with one attached hydrogen (secondary N) is 1. The molecule has 0 amide bonds. The predicted molar refractivity (Wildman–Crippen MR) is 179 cm³/mol. The first-order chi connectivity index (χ1) is 22.4. The third kappa shape index (κ3) is 10.1. The first kappa shape index (κ1) is 37.1. The normalized spacial score (nSPS) is 22.2. The zero-order valence-corrected chi connectivity index (χ0v) is 28.9. The van der Waals surface area contributed by atoms with E-state index in [0.717, 1.165) is 69.3 Å². The molecule has 1 aliphatic carbocycles. The van der Waals surface area contributed by atoms with Crippen molar-refractivity contribution in [3.8, 4) is 0 Å². The second-order valence-electron chi connectivity index (χ2n) is 14.0. The first-order valence-electron chi connectivity index (χ1n) is 17.4. The van der Waals surface area contributed by atoms with Crippen molar-refractivity contribution in [2.75, 3.05) is 39.9 Å². The van der Waals surface area contributed by atoms with Crippen LogP contribution in [0.4, 0.5) is 17.6 Å². The molecule has 2 aliphatic heterocycles. The molecule has 2 saturated heterocycles. The molecule has 0 bridgehead atoms. The third-order valence-electron chi connectivity index (χ3n) is 10.4. The molecule has 0 radical (unpaired) electrons. The lowest BCUT2D eigenvalue weighted by Gasteiger charge is -2.38. The maximum Gasteiger partial charge on any atom is 0.416 e. The van der Waals surface area contributed by atoms with Crippen molar-refractivity contribution in [3.63, 3.8) is 0 Å². The van der Waals surface area contributed by atoms with Crippen molar-refractivity contribution in [1.29, 1.82) is 0 Å². The summed E-state index contributed by atoms with van der Waals surface area (Å²) in [5, 5.41) is 3.46. The minimum absolute atomic E-state index is 0.0514. The Morgan fingerprint density at radius 2 is 1.85 bits per heavy atom. The van der Waals surface area contributed by atoms with Gasteiger partial charge in [0, 0.05) is 57.9 Å². The van der Waals surface area contributed by atoms with Crippen LogP contribution in [0.5, 0.6) is 0 Å². The van der Waals surface area contributed by atoms with Gasteiger partial charge in [-0.3, -0.25) is 4.79 Å². The molecule has 1 saturated carbocycles. The summed E-state index contributed by atoms with van der Waals surface area (Å²) in [5.41, 5.74) is 0.815. The highest BCUT2D eigenvalue weighted by Crippen LogP contribution is 2.39. The van der Waals surface area contributed by atoms with Gasteiger partial charge < -0.3 is 19.9 Å². The summed E-state index contributed by atoms with van der Waals surface area (Å²) in [6.45, 7) is 11.7. The van der Waals surface area contributed by atoms with E-state index in [2.05, 4.69) is 29.2 Å². The summed E-state index contributed by atoms with van der Waals surface area (Å²) in [7, 11) is 2.14. The third-order valence-corrected chi connectivity index (χ3v) is 10.4. The van der Waals surface area contributed by atoms with Crippen molar-refractivity contribution < 1.29 is 27.1 Å². The molecule has 1 aromatic carbocycles. The van der Waals surface area contributed by atoms with E-state index in [4.69, 9.17) is 4.74 Å². The Kier molecular flexibility index (Phi) is 13.1. The van der Waals surface area contributed by atoms with Crippen LogP contribution in [0.3, 0.4) is 0 Å². The molecule has 10 heteroatoms. The van der Waals surface area contributed by atoms with Crippen molar-refractivity contribution in [1.82, 2.24) is 15.1 Å². The molecule has 2 unspecified atom stereocenters. The van der Waals surface area contributed by atoms with Crippen molar-refractivity contribution in [2.24, 2.45) is 22.2 Å². The average molecular weight is 663 g/mol. The molecular weight excluding hydrogens is 608 g/mol. The van der Waals surface area contributed by atoms with Gasteiger partial charge in [-0.05, 0) is 106 Å². The summed E-state index contributed by atoms with van der Waals surface area (Å²) in [6, 6.07) is 5.10. The number of ether oxygens (including phenoxy) is 1. The van der Waals surface area contributed by atoms with Crippen LogP contribution in [0.1, 0.15) is 96.6 Å². The van der Waals surface area contributed by atoms with Crippen molar-refractivity contribution in [2.45, 2.75) is 104 Å². The summed E-state index contributed by atoms with van der Waals surface area (Å²) in [6.07, 6.45) is 4.06. The van der Waals surface area contributed by atoms with Crippen LogP contribution in [-0.4, -0.2) is 67.7 Å². The van der Waals surface area contributed by atoms with Crippen molar-refractivity contribution >= 4 is 12.0 Å². The largest absolute Gasteiger partial charge is 0.416 e. The fourth-order valence-corrected chi connectivity index (χ4v) is 7.12. The topological polar surface area (TPSA) is 57.2 Å². The van der Waals surface area contributed by atoms with E-state index in [1.807, 2.05) is 18.7 Å². The van der Waals surface area contributed by atoms with Gasteiger partial charge in [0.25, 0.3) is 0 Å². The van der Waals surface area contributed by atoms with Crippen LogP contribution >= 0.6 is 0 Å². The Morgan fingerprint density at radius 3 is 2.38 bits per heavy atom. The van der Waals surface area contributed by atoms with E-state index in [9.17, 15) is 18.0 Å². The zero-order chi connectivity index (χ0) is 34.2. The van der Waals surface area contributed by atoms with Crippen LogP contribution in [0.2, 0.25) is 0 Å². The molecule has 3 fully saturated rings. The number of ketones is 1. The summed E-state index contributed by atoms with van der Waals surface area (Å²) < 4.78 is 62.1. The number of rotatable bonds is 16. The Labute approximate surface area is 278 Å². The second kappa shape index (κ2) is 16.6. The van der Waals surface area contributed by atoms with Gasteiger partial charge in [-0.1, -0.05) is 32.4 Å². The minimum atomic E-state index is -4.42. The molecular formula is C37H54F4N4O2. The number of halogens is 4. The van der Waals surface area contributed by atoms with Crippen LogP contribution in [0.15, 0.2) is 52.2 Å². The number of Topliss-reactive ketones (excluding diaryl/α,β-unsaturated/α-hetero) is 1. The highest BCUT2D eigenvalue weighted by Gasteiger charge is 2.38. The van der Waals surface area contributed by atoms with Gasteiger partial charge in [-0.2, -0.15) is 13.2 Å². The number of carbonyl (C=O) groups is 1. The van der Waals surface area contributed by atoms with Gasteiger partial charge in [-0.15, -0.1) is 0 Å². The van der Waals surface area contributed by atoms with Gasteiger partial charge in [-0.25, -0.2) is 9.38 Å². The zero-order valence-electron chi connectivity index (χ0n) is 28.9. The van der Waals surface area contributed by atoms with Gasteiger partial charge >= 0.3 is 6.18 Å².